The van der Waals surface area contributed by atoms with Crippen molar-refractivity contribution in [3.63, 3.8) is 0 Å². The summed E-state index contributed by atoms with van der Waals surface area (Å²) < 4.78 is 20.4. The molecule has 5 rings (SSSR count). The number of pyridine rings is 1. The Labute approximate surface area is 154 Å². The highest BCUT2D eigenvalue weighted by atomic mass is 19.1. The zero-order valence-corrected chi connectivity index (χ0v) is 14.5. The number of aromatic nitrogens is 3. The molecule has 3 aromatic heterocycles. The number of fused-ring (bicyclic) bond motifs is 2. The van der Waals surface area contributed by atoms with E-state index < -0.39 is 0 Å². The fourth-order valence-corrected chi connectivity index (χ4v) is 3.87. The van der Waals surface area contributed by atoms with Gasteiger partial charge in [0.15, 0.2) is 5.58 Å². The molecular formula is C20H17FN4O2. The van der Waals surface area contributed by atoms with Gasteiger partial charge in [-0.25, -0.2) is 9.37 Å². The Morgan fingerprint density at radius 1 is 1.19 bits per heavy atom. The monoisotopic (exact) mass is 364 g/mol. The third-order valence-corrected chi connectivity index (χ3v) is 5.28. The summed E-state index contributed by atoms with van der Waals surface area (Å²) in [4.78, 5) is 19.1. The lowest BCUT2D eigenvalue weighted by molar-refractivity contribution is 0.0704. The molecule has 1 aromatic carbocycles. The molecule has 7 heteroatoms. The van der Waals surface area contributed by atoms with E-state index in [-0.39, 0.29) is 17.6 Å². The third kappa shape index (κ3) is 2.66. The van der Waals surface area contributed by atoms with Crippen LogP contribution in [0, 0.1) is 5.82 Å². The number of hydrogen-bond donors (Lipinski definition) is 0. The zero-order chi connectivity index (χ0) is 18.4. The second-order valence-corrected chi connectivity index (χ2v) is 6.84. The van der Waals surface area contributed by atoms with Crippen molar-refractivity contribution < 1.29 is 13.7 Å². The molecule has 4 aromatic rings. The zero-order valence-electron chi connectivity index (χ0n) is 14.5. The van der Waals surface area contributed by atoms with Crippen molar-refractivity contribution in [1.82, 2.24) is 19.4 Å². The van der Waals surface area contributed by atoms with Crippen LogP contribution in [0.4, 0.5) is 4.39 Å². The van der Waals surface area contributed by atoms with Gasteiger partial charge in [-0.3, -0.25) is 9.20 Å². The first-order valence-electron chi connectivity index (χ1n) is 8.97. The van der Waals surface area contributed by atoms with Crippen LogP contribution in [0.15, 0.2) is 53.3 Å². The van der Waals surface area contributed by atoms with E-state index in [1.165, 1.54) is 12.1 Å². The van der Waals surface area contributed by atoms with Gasteiger partial charge in [0.25, 0.3) is 5.91 Å². The largest absolute Gasteiger partial charge is 0.356 e. The van der Waals surface area contributed by atoms with Gasteiger partial charge < -0.3 is 9.42 Å². The fourth-order valence-electron chi connectivity index (χ4n) is 3.87. The Kier molecular flexibility index (Phi) is 3.67. The molecule has 1 aliphatic rings. The summed E-state index contributed by atoms with van der Waals surface area (Å²) in [5.74, 6) is -0.131. The third-order valence-electron chi connectivity index (χ3n) is 5.28. The second-order valence-electron chi connectivity index (χ2n) is 6.84. The van der Waals surface area contributed by atoms with Gasteiger partial charge in [0.2, 0.25) is 0 Å². The topological polar surface area (TPSA) is 63.6 Å². The van der Waals surface area contributed by atoms with Crippen LogP contribution in [0.25, 0.3) is 16.6 Å². The van der Waals surface area contributed by atoms with Crippen molar-refractivity contribution in [1.29, 1.82) is 0 Å². The molecule has 6 nitrogen and oxygen atoms in total. The van der Waals surface area contributed by atoms with E-state index in [0.29, 0.717) is 24.4 Å². The number of imidazole rings is 1. The molecule has 0 saturated carbocycles. The maximum absolute atomic E-state index is 13.3. The maximum atomic E-state index is 13.3. The summed E-state index contributed by atoms with van der Waals surface area (Å²) in [6.07, 6.45) is 5.09. The molecular weight excluding hydrogens is 347 g/mol. The second kappa shape index (κ2) is 6.19. The van der Waals surface area contributed by atoms with E-state index in [0.717, 1.165) is 29.6 Å². The number of likely N-dealkylation sites (tertiary alicyclic amines) is 1. The molecule has 4 heterocycles. The van der Waals surface area contributed by atoms with Crippen LogP contribution in [0.3, 0.4) is 0 Å². The van der Waals surface area contributed by atoms with Crippen LogP contribution in [0.5, 0.6) is 0 Å². The number of benzene rings is 1. The van der Waals surface area contributed by atoms with E-state index in [4.69, 9.17) is 4.52 Å². The van der Waals surface area contributed by atoms with E-state index in [9.17, 15) is 9.18 Å². The average molecular weight is 364 g/mol. The number of amides is 1. The van der Waals surface area contributed by atoms with Crippen LogP contribution in [0.1, 0.15) is 34.9 Å². The Morgan fingerprint density at radius 3 is 2.89 bits per heavy atom. The number of carbonyl (C=O) groups is 1. The molecule has 0 spiro atoms. The van der Waals surface area contributed by atoms with Gasteiger partial charge in [-0.2, -0.15) is 0 Å². The molecule has 1 amide bonds. The number of hydrogen-bond acceptors (Lipinski definition) is 4. The van der Waals surface area contributed by atoms with Crippen molar-refractivity contribution in [3.8, 4) is 0 Å². The average Bonchev–Trinajstić information content (AvgIpc) is 3.34. The van der Waals surface area contributed by atoms with Crippen LogP contribution >= 0.6 is 0 Å². The Hall–Kier alpha value is -3.22. The van der Waals surface area contributed by atoms with E-state index in [2.05, 4.69) is 10.1 Å². The lowest BCUT2D eigenvalue weighted by Crippen LogP contribution is -2.38. The highest BCUT2D eigenvalue weighted by Crippen LogP contribution is 2.33. The van der Waals surface area contributed by atoms with Gasteiger partial charge in [-0.1, -0.05) is 11.2 Å². The maximum Gasteiger partial charge on any atom is 0.270 e. The standard InChI is InChI=1S/C20H17FN4O2/c21-14-4-5-15-17(12-14)27-23-19(15)13-6-9-24(10-7-13)20(26)16-2-1-3-18-22-8-11-25(16)18/h1-5,8,11-13H,6-7,9-10H2. The number of rotatable bonds is 2. The highest BCUT2D eigenvalue weighted by Gasteiger charge is 2.28. The first-order valence-corrected chi connectivity index (χ1v) is 8.97. The first kappa shape index (κ1) is 16.0. The lowest BCUT2D eigenvalue weighted by atomic mass is 9.91. The van der Waals surface area contributed by atoms with Gasteiger partial charge in [0.1, 0.15) is 17.2 Å². The molecule has 1 aliphatic heterocycles. The van der Waals surface area contributed by atoms with Crippen LogP contribution in [-0.2, 0) is 0 Å². The highest BCUT2D eigenvalue weighted by molar-refractivity contribution is 5.93. The molecule has 136 valence electrons. The molecule has 0 unspecified atom stereocenters. The van der Waals surface area contributed by atoms with E-state index >= 15 is 0 Å². The molecule has 0 radical (unpaired) electrons. The SMILES string of the molecule is O=C(c1cccc2nccn12)N1CCC(c2noc3cc(F)ccc23)CC1. The quantitative estimate of drug-likeness (QED) is 0.545. The molecule has 0 aliphatic carbocycles. The molecule has 1 saturated heterocycles. The number of carbonyl (C=O) groups excluding carboxylic acids is 1. The lowest BCUT2D eigenvalue weighted by Gasteiger charge is -2.31. The van der Waals surface area contributed by atoms with E-state index in [1.54, 1.807) is 18.5 Å². The predicted octanol–water partition coefficient (Wildman–Crippen LogP) is 3.63. The van der Waals surface area contributed by atoms with Crippen LogP contribution in [0.2, 0.25) is 0 Å². The smallest absolute Gasteiger partial charge is 0.270 e. The normalized spacial score (nSPS) is 15.7. The van der Waals surface area contributed by atoms with Crippen molar-refractivity contribution in [2.45, 2.75) is 18.8 Å². The van der Waals surface area contributed by atoms with Crippen LogP contribution in [-0.4, -0.2) is 38.4 Å². The first-order chi connectivity index (χ1) is 13.2. The Bertz CT molecular complexity index is 1140. The van der Waals surface area contributed by atoms with Gasteiger partial charge in [-0.05, 0) is 37.1 Å². The minimum absolute atomic E-state index is 0.00383. The molecule has 0 N–H and O–H groups in total. The summed E-state index contributed by atoms with van der Waals surface area (Å²) in [6, 6.07) is 10.0. The molecule has 1 fully saturated rings. The summed E-state index contributed by atoms with van der Waals surface area (Å²) >= 11 is 0. The minimum Gasteiger partial charge on any atom is -0.356 e. The minimum atomic E-state index is -0.334. The van der Waals surface area contributed by atoms with Crippen molar-refractivity contribution in [2.24, 2.45) is 0 Å². The Morgan fingerprint density at radius 2 is 2.04 bits per heavy atom. The molecule has 0 atom stereocenters. The predicted molar refractivity (Wildman–Crippen MR) is 97.0 cm³/mol. The van der Waals surface area contributed by atoms with Gasteiger partial charge in [0.05, 0.1) is 5.69 Å². The van der Waals surface area contributed by atoms with E-state index in [1.807, 2.05) is 27.5 Å². The number of nitrogens with zero attached hydrogens (tertiary/aromatic N) is 4. The summed E-state index contributed by atoms with van der Waals surface area (Å²) in [6.45, 7) is 1.29. The van der Waals surface area contributed by atoms with Gasteiger partial charge in [0, 0.05) is 42.9 Å². The summed E-state index contributed by atoms with van der Waals surface area (Å²) in [5.41, 5.74) is 2.70. The van der Waals surface area contributed by atoms with Crippen molar-refractivity contribution in [3.05, 3.63) is 66.0 Å². The van der Waals surface area contributed by atoms with Gasteiger partial charge in [-0.15, -0.1) is 0 Å². The summed E-state index contributed by atoms with van der Waals surface area (Å²) in [7, 11) is 0. The summed E-state index contributed by atoms with van der Waals surface area (Å²) in [5, 5.41) is 5.02. The molecule has 0 bridgehead atoms. The van der Waals surface area contributed by atoms with Crippen LogP contribution < -0.4 is 0 Å². The number of piperidine rings is 1. The fraction of sp³-hybridized carbons (Fsp3) is 0.250. The van der Waals surface area contributed by atoms with Gasteiger partial charge >= 0.3 is 0 Å². The Balaban J connectivity index is 1.35. The molecule has 27 heavy (non-hydrogen) atoms. The number of halogens is 1. The van der Waals surface area contributed by atoms with Crippen molar-refractivity contribution in [2.75, 3.05) is 13.1 Å². The van der Waals surface area contributed by atoms with Crippen molar-refractivity contribution >= 4 is 22.5 Å².